The first-order valence-corrected chi connectivity index (χ1v) is 11.2. The Bertz CT molecular complexity index is 1260. The summed E-state index contributed by atoms with van der Waals surface area (Å²) in [5, 5.41) is 1.28. The number of hydrogen-bond acceptors (Lipinski definition) is 2. The maximum Gasteiger partial charge on any atom is 0.253 e. The van der Waals surface area contributed by atoms with Crippen molar-refractivity contribution in [2.24, 2.45) is 0 Å². The molecular weight excluding hydrogens is 396 g/mol. The molecule has 0 bridgehead atoms. The molecule has 1 unspecified atom stereocenters. The summed E-state index contributed by atoms with van der Waals surface area (Å²) < 4.78 is 7.72. The van der Waals surface area contributed by atoms with Gasteiger partial charge in [-0.3, -0.25) is 4.79 Å². The quantitative estimate of drug-likeness (QED) is 0.416. The maximum absolute atomic E-state index is 13.0. The number of benzene rings is 3. The molecule has 32 heavy (non-hydrogen) atoms. The first-order valence-electron chi connectivity index (χ1n) is 11.2. The van der Waals surface area contributed by atoms with Gasteiger partial charge in [0.2, 0.25) is 0 Å². The number of para-hydroxylation sites is 1. The van der Waals surface area contributed by atoms with Crippen molar-refractivity contribution in [3.63, 3.8) is 0 Å². The van der Waals surface area contributed by atoms with Crippen LogP contribution in [-0.2, 0) is 6.54 Å². The Hall–Kier alpha value is -3.53. The van der Waals surface area contributed by atoms with Crippen LogP contribution in [0.5, 0.6) is 5.75 Å². The molecule has 4 aromatic rings. The molecule has 3 aromatic carbocycles. The Balaban J connectivity index is 1.41. The molecule has 1 aromatic heterocycles. The Labute approximate surface area is 189 Å². The summed E-state index contributed by atoms with van der Waals surface area (Å²) in [6.07, 6.45) is 3.28. The van der Waals surface area contributed by atoms with Crippen molar-refractivity contribution < 1.29 is 9.53 Å². The maximum atomic E-state index is 13.0. The van der Waals surface area contributed by atoms with Crippen molar-refractivity contribution in [1.82, 2.24) is 9.47 Å². The highest BCUT2D eigenvalue weighted by molar-refractivity contribution is 5.94. The first kappa shape index (κ1) is 20.4. The van der Waals surface area contributed by atoms with Crippen LogP contribution >= 0.6 is 0 Å². The van der Waals surface area contributed by atoms with E-state index in [1.54, 1.807) is 7.11 Å². The fourth-order valence-electron chi connectivity index (χ4n) is 4.78. The monoisotopic (exact) mass is 424 g/mol. The van der Waals surface area contributed by atoms with E-state index in [1.165, 1.54) is 27.6 Å². The number of carbonyl (C=O) groups is 1. The van der Waals surface area contributed by atoms with Gasteiger partial charge in [0.1, 0.15) is 5.75 Å². The second kappa shape index (κ2) is 8.54. The van der Waals surface area contributed by atoms with Crippen molar-refractivity contribution in [2.45, 2.75) is 25.8 Å². The van der Waals surface area contributed by atoms with E-state index in [-0.39, 0.29) is 5.91 Å². The predicted octanol–water partition coefficient (Wildman–Crippen LogP) is 5.64. The largest absolute Gasteiger partial charge is 0.497 e. The minimum atomic E-state index is 0.132. The molecule has 1 amide bonds. The van der Waals surface area contributed by atoms with Crippen LogP contribution < -0.4 is 4.74 Å². The van der Waals surface area contributed by atoms with Gasteiger partial charge in [-0.05, 0) is 54.8 Å². The molecule has 1 aliphatic rings. The van der Waals surface area contributed by atoms with Crippen LogP contribution in [-0.4, -0.2) is 35.6 Å². The zero-order chi connectivity index (χ0) is 22.1. The summed E-state index contributed by atoms with van der Waals surface area (Å²) in [5.74, 6) is 1.36. The van der Waals surface area contributed by atoms with Gasteiger partial charge >= 0.3 is 0 Å². The van der Waals surface area contributed by atoms with E-state index in [2.05, 4.69) is 47.2 Å². The lowest BCUT2D eigenvalue weighted by Gasteiger charge is -2.16. The van der Waals surface area contributed by atoms with Crippen molar-refractivity contribution in [2.75, 3.05) is 20.2 Å². The third-order valence-corrected chi connectivity index (χ3v) is 6.52. The molecule has 1 atom stereocenters. The van der Waals surface area contributed by atoms with Gasteiger partial charge in [-0.2, -0.15) is 0 Å². The van der Waals surface area contributed by atoms with Crippen LogP contribution in [0.2, 0.25) is 0 Å². The van der Waals surface area contributed by atoms with Crippen LogP contribution in [0.1, 0.15) is 39.4 Å². The van der Waals surface area contributed by atoms with E-state index in [4.69, 9.17) is 4.74 Å². The number of fused-ring (bicyclic) bond motifs is 1. The molecule has 0 saturated carbocycles. The summed E-state index contributed by atoms with van der Waals surface area (Å²) in [4.78, 5) is 15.0. The van der Waals surface area contributed by atoms with Gasteiger partial charge in [-0.25, -0.2) is 0 Å². The van der Waals surface area contributed by atoms with Gasteiger partial charge in [0.05, 0.1) is 7.11 Å². The number of carbonyl (C=O) groups excluding carboxylic acids is 1. The molecule has 0 aliphatic carbocycles. The Morgan fingerprint density at radius 1 is 1.03 bits per heavy atom. The fourth-order valence-corrected chi connectivity index (χ4v) is 4.78. The van der Waals surface area contributed by atoms with Gasteiger partial charge in [0.15, 0.2) is 0 Å². The number of likely N-dealkylation sites (tertiary alicyclic amines) is 1. The number of nitrogens with zero attached hydrogens (tertiary/aromatic N) is 2. The zero-order valence-electron chi connectivity index (χ0n) is 18.6. The van der Waals surface area contributed by atoms with Gasteiger partial charge < -0.3 is 14.2 Å². The van der Waals surface area contributed by atoms with E-state index in [0.717, 1.165) is 37.4 Å². The van der Waals surface area contributed by atoms with Gasteiger partial charge in [-0.1, -0.05) is 48.0 Å². The van der Waals surface area contributed by atoms with E-state index in [1.807, 2.05) is 48.2 Å². The highest BCUT2D eigenvalue weighted by Crippen LogP contribution is 2.35. The normalized spacial score (nSPS) is 15.9. The second-order valence-corrected chi connectivity index (χ2v) is 8.68. The van der Waals surface area contributed by atoms with E-state index in [9.17, 15) is 4.79 Å². The van der Waals surface area contributed by atoms with Gasteiger partial charge in [0.25, 0.3) is 5.91 Å². The summed E-state index contributed by atoms with van der Waals surface area (Å²) in [6.45, 7) is 4.39. The molecule has 1 saturated heterocycles. The predicted molar refractivity (Wildman–Crippen MR) is 128 cm³/mol. The number of aryl methyl sites for hydroxylation is 1. The molecule has 5 rings (SSSR count). The summed E-state index contributed by atoms with van der Waals surface area (Å²) in [7, 11) is 1.70. The zero-order valence-corrected chi connectivity index (χ0v) is 18.6. The van der Waals surface area contributed by atoms with Crippen LogP contribution in [0.3, 0.4) is 0 Å². The highest BCUT2D eigenvalue weighted by Gasteiger charge is 2.30. The molecule has 0 radical (unpaired) electrons. The highest BCUT2D eigenvalue weighted by atomic mass is 16.5. The molecule has 1 fully saturated rings. The number of aromatic nitrogens is 1. The molecule has 4 heteroatoms. The minimum absolute atomic E-state index is 0.132. The van der Waals surface area contributed by atoms with Crippen LogP contribution in [0, 0.1) is 6.92 Å². The number of methoxy groups -OCH3 is 1. The van der Waals surface area contributed by atoms with Gasteiger partial charge in [-0.15, -0.1) is 0 Å². The lowest BCUT2D eigenvalue weighted by Crippen LogP contribution is -2.28. The molecule has 1 aliphatic heterocycles. The van der Waals surface area contributed by atoms with E-state index >= 15 is 0 Å². The Morgan fingerprint density at radius 2 is 1.84 bits per heavy atom. The van der Waals surface area contributed by atoms with Crippen molar-refractivity contribution >= 4 is 16.8 Å². The van der Waals surface area contributed by atoms with Crippen LogP contribution in [0.15, 0.2) is 79.0 Å². The molecular formula is C28H28N2O2. The molecule has 4 nitrogen and oxygen atoms in total. The molecule has 0 spiro atoms. The Morgan fingerprint density at radius 3 is 2.66 bits per heavy atom. The third-order valence-electron chi connectivity index (χ3n) is 6.52. The van der Waals surface area contributed by atoms with Crippen molar-refractivity contribution in [3.05, 3.63) is 101 Å². The minimum Gasteiger partial charge on any atom is -0.497 e. The smallest absolute Gasteiger partial charge is 0.253 e. The van der Waals surface area contributed by atoms with Gasteiger partial charge in [0, 0.05) is 48.2 Å². The summed E-state index contributed by atoms with van der Waals surface area (Å²) >= 11 is 0. The van der Waals surface area contributed by atoms with E-state index < -0.39 is 0 Å². The first-order chi connectivity index (χ1) is 15.6. The molecule has 162 valence electrons. The topological polar surface area (TPSA) is 34.5 Å². The molecule has 0 N–H and O–H groups in total. The van der Waals surface area contributed by atoms with E-state index in [0.29, 0.717) is 5.92 Å². The fraction of sp³-hybridized carbons (Fsp3) is 0.250. The van der Waals surface area contributed by atoms with Crippen molar-refractivity contribution in [3.8, 4) is 5.75 Å². The number of rotatable bonds is 5. The standard InChI is InChI=1S/C28H28N2O2/c1-20-10-12-22(13-11-20)28(31)29-15-14-23(18-29)26-19-30(27-9-4-3-8-25(26)27)17-21-6-5-7-24(16-21)32-2/h3-13,16,19,23H,14-15,17-18H2,1-2H3. The Kier molecular flexibility index (Phi) is 5.44. The molecule has 2 heterocycles. The lowest BCUT2D eigenvalue weighted by molar-refractivity contribution is 0.0791. The van der Waals surface area contributed by atoms with Crippen LogP contribution in [0.25, 0.3) is 10.9 Å². The van der Waals surface area contributed by atoms with Crippen molar-refractivity contribution in [1.29, 1.82) is 0 Å². The average molecular weight is 425 g/mol. The number of amides is 1. The summed E-state index contributed by atoms with van der Waals surface area (Å²) in [6, 6.07) is 24.7. The average Bonchev–Trinajstić information content (AvgIpc) is 3.45. The number of ether oxygens (including phenoxy) is 1. The van der Waals surface area contributed by atoms with Crippen LogP contribution in [0.4, 0.5) is 0 Å². The SMILES string of the molecule is COc1cccc(Cn2cc(C3CCN(C(=O)c4ccc(C)cc4)C3)c3ccccc32)c1. The second-order valence-electron chi connectivity index (χ2n) is 8.68. The summed E-state index contributed by atoms with van der Waals surface area (Å²) in [5.41, 5.74) is 5.72. The lowest BCUT2D eigenvalue weighted by atomic mass is 9.98. The number of hydrogen-bond donors (Lipinski definition) is 0. The third kappa shape index (κ3) is 3.89.